The standard InChI is InChI=1S/C19H24O4/c1-14(2)5-4-6-15(3)11-12-23-19(22)10-8-16-7-9-17(20)18(21)13-16/h5,7-11,13,20-21H,4,6,12H2,1-3H3/b10-8+,15-11+. The molecule has 0 unspecified atom stereocenters. The maximum absolute atomic E-state index is 11.6. The van der Waals surface area contributed by atoms with E-state index in [4.69, 9.17) is 4.74 Å². The van der Waals surface area contributed by atoms with Gasteiger partial charge in [-0.3, -0.25) is 0 Å². The number of aromatic hydroxyl groups is 2. The molecule has 0 fully saturated rings. The first-order valence-electron chi connectivity index (χ1n) is 7.54. The van der Waals surface area contributed by atoms with Crippen LogP contribution in [0.5, 0.6) is 11.5 Å². The van der Waals surface area contributed by atoms with E-state index < -0.39 is 5.97 Å². The zero-order valence-electron chi connectivity index (χ0n) is 13.9. The topological polar surface area (TPSA) is 66.8 Å². The van der Waals surface area contributed by atoms with Gasteiger partial charge in [0, 0.05) is 6.08 Å². The van der Waals surface area contributed by atoms with Gasteiger partial charge in [-0.25, -0.2) is 4.79 Å². The zero-order chi connectivity index (χ0) is 17.2. The summed E-state index contributed by atoms with van der Waals surface area (Å²) in [4.78, 5) is 11.6. The summed E-state index contributed by atoms with van der Waals surface area (Å²) >= 11 is 0. The minimum atomic E-state index is -0.453. The maximum Gasteiger partial charge on any atom is 0.331 e. The van der Waals surface area contributed by atoms with Crippen LogP contribution in [0.25, 0.3) is 6.08 Å². The highest BCUT2D eigenvalue weighted by Gasteiger charge is 2.00. The van der Waals surface area contributed by atoms with E-state index in [2.05, 4.69) is 19.9 Å². The number of hydrogen-bond acceptors (Lipinski definition) is 4. The Labute approximate surface area is 137 Å². The average molecular weight is 316 g/mol. The van der Waals surface area contributed by atoms with E-state index in [0.717, 1.165) is 12.8 Å². The van der Waals surface area contributed by atoms with Gasteiger partial charge in [0.2, 0.25) is 0 Å². The highest BCUT2D eigenvalue weighted by molar-refractivity contribution is 5.87. The molecule has 124 valence electrons. The number of rotatable bonds is 7. The van der Waals surface area contributed by atoms with Crippen molar-refractivity contribution in [2.24, 2.45) is 0 Å². The van der Waals surface area contributed by atoms with Crippen LogP contribution in [-0.4, -0.2) is 22.8 Å². The minimum Gasteiger partial charge on any atom is -0.504 e. The molecular weight excluding hydrogens is 292 g/mol. The Kier molecular flexibility index (Phi) is 7.67. The van der Waals surface area contributed by atoms with Crippen molar-refractivity contribution in [1.82, 2.24) is 0 Å². The molecule has 23 heavy (non-hydrogen) atoms. The summed E-state index contributed by atoms with van der Waals surface area (Å²) in [5.74, 6) is -0.875. The van der Waals surface area contributed by atoms with E-state index in [0.29, 0.717) is 5.56 Å². The minimum absolute atomic E-state index is 0.196. The van der Waals surface area contributed by atoms with Crippen LogP contribution in [0.2, 0.25) is 0 Å². The Bertz CT molecular complexity index is 620. The van der Waals surface area contributed by atoms with Gasteiger partial charge in [-0.1, -0.05) is 23.3 Å². The molecule has 0 heterocycles. The molecule has 0 saturated heterocycles. The van der Waals surface area contributed by atoms with Gasteiger partial charge in [0.05, 0.1) is 0 Å². The molecule has 0 radical (unpaired) electrons. The number of hydrogen-bond donors (Lipinski definition) is 2. The van der Waals surface area contributed by atoms with Crippen molar-refractivity contribution in [1.29, 1.82) is 0 Å². The molecule has 0 aliphatic carbocycles. The van der Waals surface area contributed by atoms with Crippen LogP contribution in [0, 0.1) is 0 Å². The second-order valence-corrected chi connectivity index (χ2v) is 5.58. The van der Waals surface area contributed by atoms with Crippen LogP contribution in [-0.2, 0) is 9.53 Å². The van der Waals surface area contributed by atoms with Crippen molar-refractivity contribution in [3.63, 3.8) is 0 Å². The summed E-state index contributed by atoms with van der Waals surface area (Å²) in [5.41, 5.74) is 3.09. The molecule has 0 aliphatic rings. The Morgan fingerprint density at radius 3 is 2.52 bits per heavy atom. The summed E-state index contributed by atoms with van der Waals surface area (Å²) in [7, 11) is 0. The molecule has 0 amide bonds. The number of allylic oxidation sites excluding steroid dienone is 3. The Balaban J connectivity index is 2.40. The van der Waals surface area contributed by atoms with E-state index in [1.807, 2.05) is 13.0 Å². The number of carbonyl (C=O) groups is 1. The summed E-state index contributed by atoms with van der Waals surface area (Å²) in [6.07, 6.45) is 8.83. The van der Waals surface area contributed by atoms with Gasteiger partial charge in [-0.15, -0.1) is 0 Å². The summed E-state index contributed by atoms with van der Waals surface area (Å²) in [5, 5.41) is 18.6. The van der Waals surface area contributed by atoms with Crippen LogP contribution in [0.15, 0.2) is 47.6 Å². The Morgan fingerprint density at radius 2 is 1.87 bits per heavy atom. The second kappa shape index (κ2) is 9.51. The SMILES string of the molecule is CC(C)=CCC/C(C)=C/COC(=O)/C=C/c1ccc(O)c(O)c1. The monoisotopic (exact) mass is 316 g/mol. The van der Waals surface area contributed by atoms with E-state index in [-0.39, 0.29) is 18.1 Å². The number of phenolic OH excluding ortho intramolecular Hbond substituents is 2. The van der Waals surface area contributed by atoms with E-state index >= 15 is 0 Å². The molecule has 0 saturated carbocycles. The van der Waals surface area contributed by atoms with Gasteiger partial charge in [0.1, 0.15) is 6.61 Å². The van der Waals surface area contributed by atoms with Gasteiger partial charge in [0.15, 0.2) is 11.5 Å². The lowest BCUT2D eigenvalue weighted by molar-refractivity contribution is -0.136. The summed E-state index contributed by atoms with van der Waals surface area (Å²) in [6, 6.07) is 4.32. The molecule has 2 N–H and O–H groups in total. The summed E-state index contributed by atoms with van der Waals surface area (Å²) < 4.78 is 5.09. The summed E-state index contributed by atoms with van der Waals surface area (Å²) in [6.45, 7) is 6.40. The van der Waals surface area contributed by atoms with Crippen molar-refractivity contribution in [2.75, 3.05) is 6.61 Å². The zero-order valence-corrected chi connectivity index (χ0v) is 13.9. The number of phenols is 2. The highest BCUT2D eigenvalue weighted by atomic mass is 16.5. The lowest BCUT2D eigenvalue weighted by Gasteiger charge is -2.01. The average Bonchev–Trinajstić information content (AvgIpc) is 2.48. The maximum atomic E-state index is 11.6. The molecule has 4 heteroatoms. The Hall–Kier alpha value is -2.49. The first-order chi connectivity index (χ1) is 10.9. The molecular formula is C19H24O4. The van der Waals surface area contributed by atoms with E-state index in [9.17, 15) is 15.0 Å². The fourth-order valence-electron chi connectivity index (χ4n) is 1.81. The largest absolute Gasteiger partial charge is 0.504 e. The molecule has 0 aromatic heterocycles. The molecule has 1 aromatic rings. The van der Waals surface area contributed by atoms with Crippen LogP contribution >= 0.6 is 0 Å². The number of carbonyl (C=O) groups excluding carboxylic acids is 1. The van der Waals surface area contributed by atoms with Gasteiger partial charge < -0.3 is 14.9 Å². The first kappa shape index (κ1) is 18.6. The Morgan fingerprint density at radius 1 is 1.13 bits per heavy atom. The molecule has 1 rings (SSSR count). The van der Waals surface area contributed by atoms with Gasteiger partial charge in [-0.05, 0) is 63.5 Å². The first-order valence-corrected chi connectivity index (χ1v) is 7.54. The van der Waals surface area contributed by atoms with Crippen LogP contribution in [0.3, 0.4) is 0 Å². The predicted octanol–water partition coefficient (Wildman–Crippen LogP) is 4.35. The molecule has 0 atom stereocenters. The van der Waals surface area contributed by atoms with Crippen molar-refractivity contribution >= 4 is 12.0 Å². The number of ether oxygens (including phenoxy) is 1. The van der Waals surface area contributed by atoms with E-state index in [1.165, 1.54) is 35.4 Å². The lowest BCUT2D eigenvalue weighted by atomic mass is 10.1. The van der Waals surface area contributed by atoms with Crippen molar-refractivity contribution in [3.8, 4) is 11.5 Å². The van der Waals surface area contributed by atoms with Crippen LogP contribution in [0.4, 0.5) is 0 Å². The normalized spacial score (nSPS) is 11.5. The fraction of sp³-hybridized carbons (Fsp3) is 0.316. The van der Waals surface area contributed by atoms with Crippen molar-refractivity contribution in [3.05, 3.63) is 53.1 Å². The van der Waals surface area contributed by atoms with Crippen LogP contribution in [0.1, 0.15) is 39.2 Å². The lowest BCUT2D eigenvalue weighted by Crippen LogP contribution is -2.00. The van der Waals surface area contributed by atoms with Crippen molar-refractivity contribution < 1.29 is 19.7 Å². The third kappa shape index (κ3) is 7.90. The van der Waals surface area contributed by atoms with Crippen LogP contribution < -0.4 is 0 Å². The number of esters is 1. The fourth-order valence-corrected chi connectivity index (χ4v) is 1.81. The van der Waals surface area contributed by atoms with Gasteiger partial charge in [0.25, 0.3) is 0 Å². The highest BCUT2D eigenvalue weighted by Crippen LogP contribution is 2.25. The quantitative estimate of drug-likeness (QED) is 0.340. The number of benzene rings is 1. The van der Waals surface area contributed by atoms with Gasteiger partial charge >= 0.3 is 5.97 Å². The third-order valence-electron chi connectivity index (χ3n) is 3.16. The predicted molar refractivity (Wildman–Crippen MR) is 92.2 cm³/mol. The molecule has 0 bridgehead atoms. The molecule has 0 aliphatic heterocycles. The molecule has 4 nitrogen and oxygen atoms in total. The van der Waals surface area contributed by atoms with Gasteiger partial charge in [-0.2, -0.15) is 0 Å². The molecule has 1 aromatic carbocycles. The third-order valence-corrected chi connectivity index (χ3v) is 3.16. The van der Waals surface area contributed by atoms with Crippen molar-refractivity contribution in [2.45, 2.75) is 33.6 Å². The molecule has 0 spiro atoms. The van der Waals surface area contributed by atoms with E-state index in [1.54, 1.807) is 6.07 Å². The second-order valence-electron chi connectivity index (χ2n) is 5.58. The smallest absolute Gasteiger partial charge is 0.331 e.